The fourth-order valence-electron chi connectivity index (χ4n) is 3.50. The van der Waals surface area contributed by atoms with Crippen molar-refractivity contribution in [1.82, 2.24) is 30.1 Å². The number of pyridine rings is 1. The Hall–Kier alpha value is -3.59. The fraction of sp³-hybridized carbons (Fsp3) is 0.286. The Morgan fingerprint density at radius 1 is 1.03 bits per heavy atom. The van der Waals surface area contributed by atoms with E-state index >= 15 is 0 Å². The van der Waals surface area contributed by atoms with Crippen molar-refractivity contribution in [1.29, 1.82) is 0 Å². The van der Waals surface area contributed by atoms with E-state index in [9.17, 15) is 0 Å². The van der Waals surface area contributed by atoms with Gasteiger partial charge in [0.2, 0.25) is 11.9 Å². The molecule has 0 atom stereocenters. The number of rotatable bonds is 6. The minimum atomic E-state index is 0.561. The molecule has 1 fully saturated rings. The number of nitrogens with zero attached hydrogens (tertiary/aromatic N) is 6. The van der Waals surface area contributed by atoms with Crippen LogP contribution in [0.3, 0.4) is 0 Å². The summed E-state index contributed by atoms with van der Waals surface area (Å²) in [5.74, 6) is 1.85. The zero-order chi connectivity index (χ0) is 20.2. The molecule has 0 unspecified atom stereocenters. The monoisotopic (exact) mass is 402 g/mol. The minimum absolute atomic E-state index is 0.561. The average molecular weight is 402 g/mol. The van der Waals surface area contributed by atoms with E-state index in [1.54, 1.807) is 12.4 Å². The number of hydrogen-bond acceptors (Lipinski definition) is 8. The zero-order valence-electron chi connectivity index (χ0n) is 16.5. The van der Waals surface area contributed by atoms with Crippen LogP contribution in [0, 0.1) is 0 Å². The third-order valence-corrected chi connectivity index (χ3v) is 5.06. The van der Waals surface area contributed by atoms with E-state index in [1.807, 2.05) is 30.5 Å². The first-order chi connectivity index (χ1) is 14.9. The fourth-order valence-corrected chi connectivity index (χ4v) is 3.50. The molecule has 5 rings (SSSR count). The van der Waals surface area contributed by atoms with Crippen LogP contribution >= 0.6 is 0 Å². The molecule has 9 nitrogen and oxygen atoms in total. The standard InChI is InChI=1S/C21H22N8O/c1-4-16(17-14-24-28-18(17)5-1)19-25-20(23-8-6-15-3-2-7-22-13-15)27-21(26-19)29-9-11-30-12-10-29/h1-5,7,13-14H,6,8-12H2,(H,24,28)(H,23,25,26,27). The molecular weight excluding hydrogens is 380 g/mol. The number of nitrogens with one attached hydrogen (secondary N) is 2. The Morgan fingerprint density at radius 2 is 1.97 bits per heavy atom. The smallest absolute Gasteiger partial charge is 0.230 e. The van der Waals surface area contributed by atoms with Crippen molar-refractivity contribution in [3.05, 3.63) is 54.5 Å². The Kier molecular flexibility index (Phi) is 5.17. The van der Waals surface area contributed by atoms with Gasteiger partial charge in [-0.25, -0.2) is 0 Å². The first kappa shape index (κ1) is 18.4. The van der Waals surface area contributed by atoms with Crippen molar-refractivity contribution in [3.8, 4) is 11.4 Å². The van der Waals surface area contributed by atoms with Crippen molar-refractivity contribution >= 4 is 22.8 Å². The van der Waals surface area contributed by atoms with Crippen LogP contribution in [0.5, 0.6) is 0 Å². The largest absolute Gasteiger partial charge is 0.378 e. The van der Waals surface area contributed by atoms with Crippen molar-refractivity contribution in [2.24, 2.45) is 0 Å². The molecule has 0 amide bonds. The third kappa shape index (κ3) is 3.92. The van der Waals surface area contributed by atoms with Gasteiger partial charge in [-0.15, -0.1) is 0 Å². The Morgan fingerprint density at radius 3 is 2.83 bits per heavy atom. The van der Waals surface area contributed by atoms with Crippen LogP contribution in [0.25, 0.3) is 22.3 Å². The number of fused-ring (bicyclic) bond motifs is 1. The normalized spacial score (nSPS) is 14.2. The maximum absolute atomic E-state index is 5.48. The highest BCUT2D eigenvalue weighted by atomic mass is 16.5. The molecule has 4 heterocycles. The summed E-state index contributed by atoms with van der Waals surface area (Å²) in [6.45, 7) is 3.56. The third-order valence-electron chi connectivity index (χ3n) is 5.06. The first-order valence-corrected chi connectivity index (χ1v) is 10.0. The number of benzene rings is 1. The van der Waals surface area contributed by atoms with E-state index < -0.39 is 0 Å². The molecule has 0 aliphatic carbocycles. The van der Waals surface area contributed by atoms with Gasteiger partial charge in [-0.2, -0.15) is 20.1 Å². The van der Waals surface area contributed by atoms with E-state index in [0.717, 1.165) is 41.5 Å². The molecule has 0 spiro atoms. The van der Waals surface area contributed by atoms with Crippen LogP contribution in [0.15, 0.2) is 48.9 Å². The minimum Gasteiger partial charge on any atom is -0.378 e. The lowest BCUT2D eigenvalue weighted by Gasteiger charge is -2.27. The van der Waals surface area contributed by atoms with Gasteiger partial charge in [-0.1, -0.05) is 18.2 Å². The predicted molar refractivity (Wildman–Crippen MR) is 114 cm³/mol. The van der Waals surface area contributed by atoms with Gasteiger partial charge < -0.3 is 15.0 Å². The second-order valence-corrected chi connectivity index (χ2v) is 7.06. The summed E-state index contributed by atoms with van der Waals surface area (Å²) in [6, 6.07) is 9.98. The van der Waals surface area contributed by atoms with E-state index in [2.05, 4.69) is 36.4 Å². The van der Waals surface area contributed by atoms with Gasteiger partial charge in [-0.3, -0.25) is 10.1 Å². The number of anilines is 2. The number of hydrogen-bond donors (Lipinski definition) is 2. The van der Waals surface area contributed by atoms with Gasteiger partial charge in [0.05, 0.1) is 24.9 Å². The molecule has 1 aliphatic rings. The summed E-state index contributed by atoms with van der Waals surface area (Å²) in [6.07, 6.45) is 6.29. The van der Waals surface area contributed by atoms with Crippen LogP contribution in [0.2, 0.25) is 0 Å². The van der Waals surface area contributed by atoms with E-state index in [4.69, 9.17) is 14.7 Å². The summed E-state index contributed by atoms with van der Waals surface area (Å²) in [5, 5.41) is 11.5. The molecule has 0 bridgehead atoms. The van der Waals surface area contributed by atoms with E-state index in [0.29, 0.717) is 37.5 Å². The molecular formula is C21H22N8O. The van der Waals surface area contributed by atoms with Crippen LogP contribution < -0.4 is 10.2 Å². The van der Waals surface area contributed by atoms with Crippen LogP contribution in [-0.2, 0) is 11.2 Å². The number of aromatic nitrogens is 6. The molecule has 2 N–H and O–H groups in total. The van der Waals surface area contributed by atoms with Crippen molar-refractivity contribution in [3.63, 3.8) is 0 Å². The van der Waals surface area contributed by atoms with Crippen LogP contribution in [0.1, 0.15) is 5.56 Å². The molecule has 4 aromatic rings. The Bertz CT molecular complexity index is 1120. The lowest BCUT2D eigenvalue weighted by atomic mass is 10.1. The van der Waals surface area contributed by atoms with Crippen molar-refractivity contribution in [2.75, 3.05) is 43.1 Å². The lowest BCUT2D eigenvalue weighted by molar-refractivity contribution is 0.122. The number of aromatic amines is 1. The highest BCUT2D eigenvalue weighted by Gasteiger charge is 2.18. The van der Waals surface area contributed by atoms with Crippen LogP contribution in [0.4, 0.5) is 11.9 Å². The summed E-state index contributed by atoms with van der Waals surface area (Å²) < 4.78 is 5.48. The van der Waals surface area contributed by atoms with Crippen LogP contribution in [-0.4, -0.2) is 63.0 Å². The van der Waals surface area contributed by atoms with Gasteiger partial charge >= 0.3 is 0 Å². The van der Waals surface area contributed by atoms with Gasteiger partial charge in [0.25, 0.3) is 0 Å². The highest BCUT2D eigenvalue weighted by molar-refractivity contribution is 5.92. The molecule has 3 aromatic heterocycles. The molecule has 1 saturated heterocycles. The van der Waals surface area contributed by atoms with Gasteiger partial charge in [0.15, 0.2) is 5.82 Å². The topological polar surface area (TPSA) is 105 Å². The van der Waals surface area contributed by atoms with E-state index in [1.165, 1.54) is 0 Å². The van der Waals surface area contributed by atoms with E-state index in [-0.39, 0.29) is 0 Å². The molecule has 0 saturated carbocycles. The summed E-state index contributed by atoms with van der Waals surface area (Å²) in [4.78, 5) is 20.5. The first-order valence-electron chi connectivity index (χ1n) is 10.0. The molecule has 0 radical (unpaired) electrons. The molecule has 30 heavy (non-hydrogen) atoms. The van der Waals surface area contributed by atoms with Crippen molar-refractivity contribution in [2.45, 2.75) is 6.42 Å². The molecule has 1 aromatic carbocycles. The molecule has 1 aliphatic heterocycles. The van der Waals surface area contributed by atoms with Gasteiger partial charge in [-0.05, 0) is 24.1 Å². The van der Waals surface area contributed by atoms with Gasteiger partial charge in [0, 0.05) is 43.0 Å². The second kappa shape index (κ2) is 8.42. The number of morpholine rings is 1. The summed E-state index contributed by atoms with van der Waals surface area (Å²) in [7, 11) is 0. The maximum atomic E-state index is 5.48. The summed E-state index contributed by atoms with van der Waals surface area (Å²) >= 11 is 0. The average Bonchev–Trinajstić information content (AvgIpc) is 3.29. The number of H-pyrrole nitrogens is 1. The summed E-state index contributed by atoms with van der Waals surface area (Å²) in [5.41, 5.74) is 3.04. The maximum Gasteiger partial charge on any atom is 0.230 e. The zero-order valence-corrected chi connectivity index (χ0v) is 16.5. The second-order valence-electron chi connectivity index (χ2n) is 7.06. The van der Waals surface area contributed by atoms with Gasteiger partial charge in [0.1, 0.15) is 0 Å². The SMILES string of the molecule is c1cncc(CCNc2nc(-c3cccc4[nH]ncc34)nc(N3CCOCC3)n2)c1. The molecule has 9 heteroatoms. The predicted octanol–water partition coefficient (Wildman–Crippen LogP) is 2.30. The molecule has 152 valence electrons. The van der Waals surface area contributed by atoms with Crippen molar-refractivity contribution < 1.29 is 4.74 Å². The highest BCUT2D eigenvalue weighted by Crippen LogP contribution is 2.27. The quantitative estimate of drug-likeness (QED) is 0.506. The lowest BCUT2D eigenvalue weighted by Crippen LogP contribution is -2.37. The number of ether oxygens (including phenoxy) is 1. The Balaban J connectivity index is 1.46. The Labute approximate surface area is 173 Å².